The average molecular weight is 298 g/mol. The van der Waals surface area contributed by atoms with E-state index in [0.29, 0.717) is 0 Å². The van der Waals surface area contributed by atoms with Crippen LogP contribution in [0.15, 0.2) is 60.7 Å². The van der Waals surface area contributed by atoms with Gasteiger partial charge in [0.05, 0.1) is 31.8 Å². The van der Waals surface area contributed by atoms with Crippen LogP contribution in [0, 0.1) is 0 Å². The van der Waals surface area contributed by atoms with Gasteiger partial charge in [0, 0.05) is 0 Å². The summed E-state index contributed by atoms with van der Waals surface area (Å²) in [5.41, 5.74) is 2.20. The lowest BCUT2D eigenvalue weighted by Crippen LogP contribution is -3.14. The minimum atomic E-state index is -0.473. The Morgan fingerprint density at radius 3 is 2.00 bits per heavy atom. The van der Waals surface area contributed by atoms with Crippen LogP contribution in [-0.4, -0.2) is 38.0 Å². The Balaban J connectivity index is 1.82. The Hall–Kier alpha value is -1.68. The number of hydrogen-bond acceptors (Lipinski definition) is 2. The standard InChI is InChI=1S/C19H23NO2/c21-19(17-9-5-2-6-10-17)18(16-7-3-1-4-8-16)15-20-11-13-22-14-12-20/h1-10,18-19,21H,11-15H2/p+1/t18-,19+/m1/s1. The van der Waals surface area contributed by atoms with E-state index in [9.17, 15) is 5.11 Å². The molecule has 0 aliphatic carbocycles. The highest BCUT2D eigenvalue weighted by Crippen LogP contribution is 2.29. The molecule has 3 heteroatoms. The quantitative estimate of drug-likeness (QED) is 0.875. The molecule has 1 heterocycles. The second-order valence-corrected chi connectivity index (χ2v) is 5.94. The molecule has 2 atom stereocenters. The molecule has 0 aromatic heterocycles. The van der Waals surface area contributed by atoms with Gasteiger partial charge in [0.25, 0.3) is 0 Å². The zero-order chi connectivity index (χ0) is 15.2. The number of rotatable bonds is 5. The first-order chi connectivity index (χ1) is 10.8. The van der Waals surface area contributed by atoms with Crippen molar-refractivity contribution in [2.24, 2.45) is 0 Å². The van der Waals surface area contributed by atoms with E-state index in [4.69, 9.17) is 4.74 Å². The summed E-state index contributed by atoms with van der Waals surface area (Å²) >= 11 is 0. The summed E-state index contributed by atoms with van der Waals surface area (Å²) < 4.78 is 5.45. The molecule has 1 saturated heterocycles. The molecular formula is C19H24NO2+. The van der Waals surface area contributed by atoms with E-state index in [1.165, 1.54) is 10.5 Å². The van der Waals surface area contributed by atoms with Crippen molar-refractivity contribution in [3.05, 3.63) is 71.8 Å². The van der Waals surface area contributed by atoms with Crippen LogP contribution >= 0.6 is 0 Å². The lowest BCUT2D eigenvalue weighted by Gasteiger charge is -2.30. The Morgan fingerprint density at radius 1 is 0.864 bits per heavy atom. The Morgan fingerprint density at radius 2 is 1.41 bits per heavy atom. The van der Waals surface area contributed by atoms with Gasteiger partial charge in [0.1, 0.15) is 13.1 Å². The van der Waals surface area contributed by atoms with Crippen molar-refractivity contribution in [2.45, 2.75) is 12.0 Å². The minimum absolute atomic E-state index is 0.108. The average Bonchev–Trinajstić information content (AvgIpc) is 2.61. The topological polar surface area (TPSA) is 33.9 Å². The van der Waals surface area contributed by atoms with Gasteiger partial charge >= 0.3 is 0 Å². The maximum Gasteiger partial charge on any atom is 0.101 e. The Kier molecular flexibility index (Phi) is 5.22. The molecule has 0 radical (unpaired) electrons. The van der Waals surface area contributed by atoms with E-state index in [2.05, 4.69) is 24.3 Å². The van der Waals surface area contributed by atoms with Crippen LogP contribution in [0.25, 0.3) is 0 Å². The van der Waals surface area contributed by atoms with Crippen molar-refractivity contribution in [2.75, 3.05) is 32.8 Å². The summed E-state index contributed by atoms with van der Waals surface area (Å²) in [5, 5.41) is 10.9. The summed E-state index contributed by atoms with van der Waals surface area (Å²) in [6, 6.07) is 20.4. The lowest BCUT2D eigenvalue weighted by molar-refractivity contribution is -0.909. The van der Waals surface area contributed by atoms with Gasteiger partial charge in [-0.2, -0.15) is 0 Å². The molecular weight excluding hydrogens is 274 g/mol. The van der Waals surface area contributed by atoms with Crippen molar-refractivity contribution >= 4 is 0 Å². The molecule has 1 fully saturated rings. The first-order valence-corrected chi connectivity index (χ1v) is 8.04. The van der Waals surface area contributed by atoms with Gasteiger partial charge < -0.3 is 14.7 Å². The van der Waals surface area contributed by atoms with Crippen LogP contribution in [0.3, 0.4) is 0 Å². The molecule has 2 N–H and O–H groups in total. The second kappa shape index (κ2) is 7.54. The first-order valence-electron chi connectivity index (χ1n) is 8.04. The predicted molar refractivity (Wildman–Crippen MR) is 87.0 cm³/mol. The van der Waals surface area contributed by atoms with Crippen LogP contribution in [0.2, 0.25) is 0 Å². The van der Waals surface area contributed by atoms with Gasteiger partial charge in [-0.05, 0) is 11.1 Å². The van der Waals surface area contributed by atoms with Crippen LogP contribution in [-0.2, 0) is 4.74 Å². The number of quaternary nitrogens is 1. The largest absolute Gasteiger partial charge is 0.388 e. The molecule has 2 aromatic carbocycles. The zero-order valence-electron chi connectivity index (χ0n) is 12.8. The molecule has 3 rings (SSSR count). The van der Waals surface area contributed by atoms with E-state index in [0.717, 1.165) is 38.4 Å². The third-order valence-corrected chi connectivity index (χ3v) is 4.46. The van der Waals surface area contributed by atoms with E-state index >= 15 is 0 Å². The number of aliphatic hydroxyl groups is 1. The van der Waals surface area contributed by atoms with Gasteiger partial charge in [0.2, 0.25) is 0 Å². The molecule has 0 saturated carbocycles. The Labute approximate surface area is 132 Å². The number of benzene rings is 2. The fourth-order valence-electron chi connectivity index (χ4n) is 3.17. The lowest BCUT2D eigenvalue weighted by atomic mass is 9.88. The van der Waals surface area contributed by atoms with E-state index in [1.807, 2.05) is 36.4 Å². The van der Waals surface area contributed by atoms with Crippen LogP contribution < -0.4 is 4.90 Å². The number of aliphatic hydroxyl groups excluding tert-OH is 1. The molecule has 1 aliphatic heterocycles. The summed E-state index contributed by atoms with van der Waals surface area (Å²) in [6.07, 6.45) is -0.473. The number of hydrogen-bond donors (Lipinski definition) is 2. The molecule has 1 aliphatic rings. The van der Waals surface area contributed by atoms with Crippen molar-refractivity contribution in [1.29, 1.82) is 0 Å². The highest BCUT2D eigenvalue weighted by molar-refractivity contribution is 5.26. The minimum Gasteiger partial charge on any atom is -0.388 e. The SMILES string of the molecule is O[C@@H](c1ccccc1)[C@H](C[NH+]1CCOCC1)c1ccccc1. The fourth-order valence-corrected chi connectivity index (χ4v) is 3.17. The van der Waals surface area contributed by atoms with Gasteiger partial charge in [-0.15, -0.1) is 0 Å². The van der Waals surface area contributed by atoms with Crippen molar-refractivity contribution in [3.63, 3.8) is 0 Å². The third kappa shape index (κ3) is 3.74. The van der Waals surface area contributed by atoms with Gasteiger partial charge in [-0.1, -0.05) is 60.7 Å². The van der Waals surface area contributed by atoms with Gasteiger partial charge in [-0.25, -0.2) is 0 Å². The summed E-state index contributed by atoms with van der Waals surface area (Å²) in [5.74, 6) is 0.108. The monoisotopic (exact) mass is 298 g/mol. The van der Waals surface area contributed by atoms with Crippen LogP contribution in [0.5, 0.6) is 0 Å². The smallest absolute Gasteiger partial charge is 0.101 e. The van der Waals surface area contributed by atoms with Gasteiger partial charge in [-0.3, -0.25) is 0 Å². The molecule has 0 bridgehead atoms. The summed E-state index contributed by atoms with van der Waals surface area (Å²) in [6.45, 7) is 4.61. The zero-order valence-corrected chi connectivity index (χ0v) is 12.8. The number of morpholine rings is 1. The van der Waals surface area contributed by atoms with E-state index < -0.39 is 6.10 Å². The van der Waals surface area contributed by atoms with E-state index in [1.54, 1.807) is 0 Å². The molecule has 22 heavy (non-hydrogen) atoms. The normalized spacial score (nSPS) is 18.8. The van der Waals surface area contributed by atoms with E-state index in [-0.39, 0.29) is 5.92 Å². The number of ether oxygens (including phenoxy) is 1. The highest BCUT2D eigenvalue weighted by Gasteiger charge is 2.28. The molecule has 116 valence electrons. The molecule has 0 spiro atoms. The highest BCUT2D eigenvalue weighted by atomic mass is 16.5. The van der Waals surface area contributed by atoms with Crippen LogP contribution in [0.4, 0.5) is 0 Å². The third-order valence-electron chi connectivity index (χ3n) is 4.46. The first kappa shape index (κ1) is 15.2. The maximum atomic E-state index is 10.9. The fraction of sp³-hybridized carbons (Fsp3) is 0.368. The van der Waals surface area contributed by atoms with Crippen molar-refractivity contribution < 1.29 is 14.7 Å². The maximum absolute atomic E-state index is 10.9. The Bertz CT molecular complexity index is 552. The summed E-state index contributed by atoms with van der Waals surface area (Å²) in [4.78, 5) is 1.51. The van der Waals surface area contributed by atoms with Crippen LogP contribution in [0.1, 0.15) is 23.1 Å². The molecule has 2 aromatic rings. The molecule has 3 nitrogen and oxygen atoms in total. The molecule has 0 unspecified atom stereocenters. The number of nitrogens with one attached hydrogen (secondary N) is 1. The van der Waals surface area contributed by atoms with Crippen molar-refractivity contribution in [1.82, 2.24) is 0 Å². The predicted octanol–water partition coefficient (Wildman–Crippen LogP) is 1.42. The second-order valence-electron chi connectivity index (χ2n) is 5.94. The summed E-state index contributed by atoms with van der Waals surface area (Å²) in [7, 11) is 0. The molecule has 0 amide bonds. The van der Waals surface area contributed by atoms with Crippen molar-refractivity contribution in [3.8, 4) is 0 Å². The van der Waals surface area contributed by atoms with Gasteiger partial charge in [0.15, 0.2) is 0 Å².